The molecule has 8 heteroatoms. The van der Waals surface area contributed by atoms with Crippen LogP contribution in [0.1, 0.15) is 0 Å². The number of para-hydroxylation sites is 1. The molecule has 0 bridgehead atoms. The van der Waals surface area contributed by atoms with Gasteiger partial charge >= 0.3 is 5.69 Å². The molecule has 110 valence electrons. The van der Waals surface area contributed by atoms with E-state index in [-0.39, 0.29) is 15.9 Å². The summed E-state index contributed by atoms with van der Waals surface area (Å²) in [7, 11) is 0. The summed E-state index contributed by atoms with van der Waals surface area (Å²) in [5, 5.41) is 21.1. The number of hydrogen-bond donors (Lipinski definition) is 2. The molecule has 0 unspecified atom stereocenters. The molecule has 1 aromatic heterocycles. The number of nitro benzene ring substituents is 1. The molecule has 7 nitrogen and oxygen atoms in total. The van der Waals surface area contributed by atoms with Crippen molar-refractivity contribution in [2.75, 3.05) is 0 Å². The van der Waals surface area contributed by atoms with Crippen molar-refractivity contribution in [1.29, 1.82) is 0 Å². The highest BCUT2D eigenvalue weighted by Crippen LogP contribution is 2.37. The van der Waals surface area contributed by atoms with E-state index < -0.39 is 16.4 Å². The Bertz CT molecular complexity index is 968. The van der Waals surface area contributed by atoms with Crippen LogP contribution in [-0.4, -0.2) is 20.0 Å². The molecule has 0 amide bonds. The fraction of sp³-hybridized carbons (Fsp3) is 0. The van der Waals surface area contributed by atoms with Gasteiger partial charge in [-0.25, -0.2) is 4.98 Å². The highest BCUT2D eigenvalue weighted by atomic mass is 79.9. The number of phenols is 1. The van der Waals surface area contributed by atoms with E-state index in [4.69, 9.17) is 0 Å². The Morgan fingerprint density at radius 2 is 2.00 bits per heavy atom. The average Bonchev–Trinajstić information content (AvgIpc) is 2.49. The Balaban J connectivity index is 2.28. The van der Waals surface area contributed by atoms with Gasteiger partial charge in [-0.2, -0.15) is 0 Å². The van der Waals surface area contributed by atoms with Gasteiger partial charge in [-0.1, -0.05) is 12.1 Å². The standard InChI is InChI=1S/C14H8BrN3O4/c15-9-5-7(6-11(12(9)19)18(21)22)13-16-10-4-2-1-3-8(10)14(20)17-13/h1-6,19H,(H,16,17,20). The number of rotatable bonds is 2. The molecule has 0 radical (unpaired) electrons. The summed E-state index contributed by atoms with van der Waals surface area (Å²) in [6, 6.07) is 9.40. The van der Waals surface area contributed by atoms with Crippen molar-refractivity contribution in [3.05, 3.63) is 61.3 Å². The Morgan fingerprint density at radius 1 is 1.27 bits per heavy atom. The Labute approximate surface area is 131 Å². The van der Waals surface area contributed by atoms with E-state index >= 15 is 0 Å². The average molecular weight is 362 g/mol. The van der Waals surface area contributed by atoms with Crippen LogP contribution in [0.25, 0.3) is 22.3 Å². The summed E-state index contributed by atoms with van der Waals surface area (Å²) in [5.41, 5.74) is -0.0139. The molecule has 2 aromatic carbocycles. The number of benzene rings is 2. The van der Waals surface area contributed by atoms with E-state index in [0.29, 0.717) is 16.5 Å². The summed E-state index contributed by atoms with van der Waals surface area (Å²) in [6.07, 6.45) is 0. The number of aromatic nitrogens is 2. The lowest BCUT2D eigenvalue weighted by atomic mass is 10.1. The van der Waals surface area contributed by atoms with Gasteiger partial charge in [0.05, 0.1) is 20.3 Å². The summed E-state index contributed by atoms with van der Waals surface area (Å²) >= 11 is 3.06. The molecule has 0 aliphatic carbocycles. The third-order valence-corrected chi connectivity index (χ3v) is 3.73. The predicted octanol–water partition coefficient (Wildman–Crippen LogP) is 2.97. The fourth-order valence-electron chi connectivity index (χ4n) is 2.08. The van der Waals surface area contributed by atoms with Crippen molar-refractivity contribution < 1.29 is 10.0 Å². The molecule has 3 rings (SSSR count). The third kappa shape index (κ3) is 2.33. The maximum Gasteiger partial charge on any atom is 0.312 e. The SMILES string of the molecule is O=c1[nH]c(-c2cc(Br)c(O)c([N+](=O)[O-])c2)nc2ccccc12. The van der Waals surface area contributed by atoms with Gasteiger partial charge in [-0.05, 0) is 34.1 Å². The normalized spacial score (nSPS) is 10.8. The second-order valence-corrected chi connectivity index (χ2v) is 5.37. The van der Waals surface area contributed by atoms with Gasteiger partial charge in [0.1, 0.15) is 5.82 Å². The summed E-state index contributed by atoms with van der Waals surface area (Å²) in [6.45, 7) is 0. The lowest BCUT2D eigenvalue weighted by Gasteiger charge is -2.05. The molecule has 0 spiro atoms. The van der Waals surface area contributed by atoms with Crippen LogP contribution in [0.2, 0.25) is 0 Å². The van der Waals surface area contributed by atoms with E-state index in [1.165, 1.54) is 6.07 Å². The number of hydrogen-bond acceptors (Lipinski definition) is 5. The summed E-state index contributed by atoms with van der Waals surface area (Å²) in [5.74, 6) is -0.288. The minimum absolute atomic E-state index is 0.146. The number of halogens is 1. The van der Waals surface area contributed by atoms with Crippen LogP contribution in [0.4, 0.5) is 5.69 Å². The first-order chi connectivity index (χ1) is 10.5. The van der Waals surface area contributed by atoms with Crippen molar-refractivity contribution in [2.24, 2.45) is 0 Å². The van der Waals surface area contributed by atoms with Crippen LogP contribution in [0.3, 0.4) is 0 Å². The van der Waals surface area contributed by atoms with Crippen LogP contribution in [-0.2, 0) is 0 Å². The van der Waals surface area contributed by atoms with Crippen molar-refractivity contribution in [2.45, 2.75) is 0 Å². The molecule has 2 N–H and O–H groups in total. The molecule has 0 saturated heterocycles. The molecule has 0 fully saturated rings. The first-order valence-electron chi connectivity index (χ1n) is 6.13. The lowest BCUT2D eigenvalue weighted by Crippen LogP contribution is -2.09. The lowest BCUT2D eigenvalue weighted by molar-refractivity contribution is -0.385. The maximum absolute atomic E-state index is 12.1. The fourth-order valence-corrected chi connectivity index (χ4v) is 2.53. The first-order valence-corrected chi connectivity index (χ1v) is 6.93. The minimum atomic E-state index is -0.706. The highest BCUT2D eigenvalue weighted by molar-refractivity contribution is 9.10. The molecular formula is C14H8BrN3O4. The summed E-state index contributed by atoms with van der Waals surface area (Å²) < 4.78 is 0.146. The number of nitrogens with one attached hydrogen (secondary N) is 1. The van der Waals surface area contributed by atoms with Crippen LogP contribution in [0.15, 0.2) is 45.7 Å². The number of fused-ring (bicyclic) bond motifs is 1. The topological polar surface area (TPSA) is 109 Å². The molecule has 0 aliphatic heterocycles. The van der Waals surface area contributed by atoms with Gasteiger partial charge < -0.3 is 10.1 Å². The van der Waals surface area contributed by atoms with E-state index in [0.717, 1.165) is 6.07 Å². The number of H-pyrrole nitrogens is 1. The van der Waals surface area contributed by atoms with Crippen molar-refractivity contribution in [3.8, 4) is 17.1 Å². The quantitative estimate of drug-likeness (QED) is 0.538. The number of nitro groups is 1. The van der Waals surface area contributed by atoms with Crippen LogP contribution in [0.5, 0.6) is 5.75 Å². The predicted molar refractivity (Wildman–Crippen MR) is 83.8 cm³/mol. The van der Waals surface area contributed by atoms with Gasteiger partial charge in [0.25, 0.3) is 5.56 Å². The molecule has 0 aliphatic rings. The van der Waals surface area contributed by atoms with Gasteiger partial charge in [0.15, 0.2) is 0 Å². The van der Waals surface area contributed by atoms with Crippen LogP contribution in [0, 0.1) is 10.1 Å². The second-order valence-electron chi connectivity index (χ2n) is 4.51. The third-order valence-electron chi connectivity index (χ3n) is 3.13. The van der Waals surface area contributed by atoms with Gasteiger partial charge in [0, 0.05) is 11.6 Å². The van der Waals surface area contributed by atoms with Crippen molar-refractivity contribution in [1.82, 2.24) is 9.97 Å². The Morgan fingerprint density at radius 3 is 2.73 bits per heavy atom. The monoisotopic (exact) mass is 361 g/mol. The van der Waals surface area contributed by atoms with Gasteiger partial charge in [-0.15, -0.1) is 0 Å². The zero-order chi connectivity index (χ0) is 15.9. The molecule has 1 heterocycles. The second kappa shape index (κ2) is 5.23. The Kier molecular flexibility index (Phi) is 3.38. The number of phenolic OH excluding ortho intramolecular Hbond substituents is 1. The Hall–Kier alpha value is -2.74. The van der Waals surface area contributed by atoms with Crippen molar-refractivity contribution in [3.63, 3.8) is 0 Å². The molecular weight excluding hydrogens is 354 g/mol. The first kappa shape index (κ1) is 14.2. The maximum atomic E-state index is 12.1. The zero-order valence-corrected chi connectivity index (χ0v) is 12.5. The molecule has 22 heavy (non-hydrogen) atoms. The van der Waals surface area contributed by atoms with Crippen LogP contribution >= 0.6 is 15.9 Å². The van der Waals surface area contributed by atoms with E-state index in [9.17, 15) is 20.0 Å². The molecule has 3 aromatic rings. The number of aromatic hydroxyl groups is 1. The largest absolute Gasteiger partial charge is 0.501 e. The molecule has 0 saturated carbocycles. The smallest absolute Gasteiger partial charge is 0.312 e. The van der Waals surface area contributed by atoms with E-state index in [1.807, 2.05) is 0 Å². The van der Waals surface area contributed by atoms with Crippen LogP contribution < -0.4 is 5.56 Å². The number of aromatic amines is 1. The van der Waals surface area contributed by atoms with E-state index in [2.05, 4.69) is 25.9 Å². The minimum Gasteiger partial charge on any atom is -0.501 e. The zero-order valence-electron chi connectivity index (χ0n) is 10.9. The number of nitrogens with zero attached hydrogens (tertiary/aromatic N) is 2. The highest BCUT2D eigenvalue weighted by Gasteiger charge is 2.19. The van der Waals surface area contributed by atoms with Crippen molar-refractivity contribution >= 4 is 32.5 Å². The summed E-state index contributed by atoms with van der Waals surface area (Å²) in [4.78, 5) is 29.2. The van der Waals surface area contributed by atoms with Gasteiger partial charge in [0.2, 0.25) is 5.75 Å². The molecule has 0 atom stereocenters. The van der Waals surface area contributed by atoms with Gasteiger partial charge in [-0.3, -0.25) is 14.9 Å². The van der Waals surface area contributed by atoms with E-state index in [1.54, 1.807) is 24.3 Å².